The Bertz CT molecular complexity index is 1070. The van der Waals surface area contributed by atoms with Crippen molar-refractivity contribution in [3.8, 4) is 0 Å². The number of ketones is 1. The first kappa shape index (κ1) is 43.1. The predicted molar refractivity (Wildman–Crippen MR) is 182 cm³/mol. The van der Waals surface area contributed by atoms with E-state index in [9.17, 15) is 28.8 Å². The summed E-state index contributed by atoms with van der Waals surface area (Å²) in [4.78, 5) is 81.9. The summed E-state index contributed by atoms with van der Waals surface area (Å²) < 4.78 is 16.5. The van der Waals surface area contributed by atoms with Crippen molar-refractivity contribution < 1.29 is 43.0 Å². The Morgan fingerprint density at radius 3 is 1.40 bits per heavy atom. The van der Waals surface area contributed by atoms with Crippen LogP contribution in [-0.4, -0.2) is 137 Å². The minimum atomic E-state index is -0.662. The van der Waals surface area contributed by atoms with Crippen LogP contribution in [0.2, 0.25) is 0 Å². The highest BCUT2D eigenvalue weighted by atomic mass is 16.6. The summed E-state index contributed by atoms with van der Waals surface area (Å²) in [6.07, 6.45) is 2.47. The smallest absolute Gasteiger partial charge is 0.320 e. The molecule has 1 fully saturated rings. The van der Waals surface area contributed by atoms with Gasteiger partial charge in [0.2, 0.25) is 11.8 Å². The molecule has 1 aliphatic heterocycles. The van der Waals surface area contributed by atoms with Gasteiger partial charge in [-0.3, -0.25) is 48.4 Å². The normalized spacial score (nSPS) is 14.3. The summed E-state index contributed by atoms with van der Waals surface area (Å²) in [6, 6.07) is 0. The van der Waals surface area contributed by atoms with Gasteiger partial charge in [-0.25, -0.2) is 0 Å². The predicted octanol–water partition coefficient (Wildman–Crippen LogP) is 3.22. The molecule has 0 aromatic rings. The largest absolute Gasteiger partial charge is 0.460 e. The van der Waals surface area contributed by atoms with E-state index in [-0.39, 0.29) is 80.9 Å². The molecule has 2 amide bonds. The lowest BCUT2D eigenvalue weighted by Crippen LogP contribution is -2.46. The molecule has 0 bridgehead atoms. The van der Waals surface area contributed by atoms with Gasteiger partial charge in [0.25, 0.3) is 0 Å². The molecule has 13 nitrogen and oxygen atoms in total. The number of imide groups is 1. The van der Waals surface area contributed by atoms with E-state index in [0.717, 1.165) is 11.3 Å². The zero-order valence-electron chi connectivity index (χ0n) is 31.3. The van der Waals surface area contributed by atoms with Crippen LogP contribution >= 0.6 is 0 Å². The molecule has 0 atom stereocenters. The Kier molecular flexibility index (Phi) is 17.9. The molecule has 0 spiro atoms. The van der Waals surface area contributed by atoms with E-state index >= 15 is 0 Å². The maximum Gasteiger partial charge on any atom is 0.320 e. The van der Waals surface area contributed by atoms with Gasteiger partial charge in [-0.1, -0.05) is 6.92 Å². The number of Topliss-reactive ketones (excluding diaryl/α,β-unsaturated/α-hetero) is 1. The number of amides is 2. The number of ether oxygens (including phenoxy) is 3. The van der Waals surface area contributed by atoms with E-state index in [1.807, 2.05) is 63.2 Å². The number of unbranched alkanes of at least 4 members (excludes halogenated alkanes) is 1. The molecule has 0 N–H and O–H groups in total. The van der Waals surface area contributed by atoms with Crippen LogP contribution < -0.4 is 0 Å². The maximum atomic E-state index is 13.1. The number of hydrogen-bond acceptors (Lipinski definition) is 12. The van der Waals surface area contributed by atoms with Crippen molar-refractivity contribution in [2.45, 2.75) is 125 Å². The summed E-state index contributed by atoms with van der Waals surface area (Å²) in [7, 11) is 0. The third-order valence-corrected chi connectivity index (χ3v) is 6.96. The molecule has 276 valence electrons. The first-order valence-electron chi connectivity index (χ1n) is 17.2. The number of esters is 3. The number of likely N-dealkylation sites (tertiary alicyclic amines) is 1. The fraction of sp³-hybridized carbons (Fsp3) is 0.829. The summed E-state index contributed by atoms with van der Waals surface area (Å²) in [5.74, 6) is -1.95. The Morgan fingerprint density at radius 2 is 0.979 bits per heavy atom. The molecule has 13 heteroatoms. The topological polar surface area (TPSA) is 143 Å². The van der Waals surface area contributed by atoms with Crippen molar-refractivity contribution in [3.05, 3.63) is 0 Å². The molecule has 1 saturated heterocycles. The van der Waals surface area contributed by atoms with Crippen LogP contribution in [0.4, 0.5) is 0 Å². The van der Waals surface area contributed by atoms with Crippen LogP contribution in [-0.2, 0) is 43.0 Å². The van der Waals surface area contributed by atoms with Crippen molar-refractivity contribution >= 4 is 35.5 Å². The van der Waals surface area contributed by atoms with E-state index in [2.05, 4.69) is 0 Å². The monoisotopic (exact) mass is 682 g/mol. The molecule has 1 aliphatic rings. The zero-order chi connectivity index (χ0) is 36.7. The van der Waals surface area contributed by atoms with E-state index in [4.69, 9.17) is 14.2 Å². The number of carbonyl (C=O) groups excluding carboxylic acids is 6. The Hall–Kier alpha value is -2.90. The lowest BCUT2D eigenvalue weighted by Gasteiger charge is -2.30. The van der Waals surface area contributed by atoms with Crippen LogP contribution in [0.15, 0.2) is 0 Å². The van der Waals surface area contributed by atoms with Crippen LogP contribution in [0.1, 0.15) is 108 Å². The molecule has 1 heterocycles. The van der Waals surface area contributed by atoms with Gasteiger partial charge in [0.1, 0.15) is 16.8 Å². The standard InChI is InChI=1S/C35H62N4O9/c1-11-17-36(25-31(44)47-34(5,6)7)19-21-38(26-32(45)48-35(8,9)10)22-20-37(18-13-12-14-30(43)46-33(2,3)4)23-27(40)24-39-28(41)15-16-29(39)42/h11-26H2,1-10H3. The Balaban J connectivity index is 3.02. The number of hydrogen-bond donors (Lipinski definition) is 0. The quantitative estimate of drug-likeness (QED) is 0.0759. The number of carbonyl (C=O) groups is 6. The third-order valence-electron chi connectivity index (χ3n) is 6.96. The third kappa shape index (κ3) is 20.5. The first-order chi connectivity index (χ1) is 22.1. The van der Waals surface area contributed by atoms with Gasteiger partial charge in [0, 0.05) is 45.4 Å². The fourth-order valence-electron chi connectivity index (χ4n) is 5.08. The minimum absolute atomic E-state index is 0.00434. The molecule has 0 aliphatic carbocycles. The molecule has 0 radical (unpaired) electrons. The van der Waals surface area contributed by atoms with Gasteiger partial charge in [-0.15, -0.1) is 0 Å². The maximum absolute atomic E-state index is 13.1. The van der Waals surface area contributed by atoms with Gasteiger partial charge in [-0.05, 0) is 94.7 Å². The number of nitrogens with zero attached hydrogens (tertiary/aromatic N) is 4. The molecule has 0 aromatic carbocycles. The van der Waals surface area contributed by atoms with Crippen LogP contribution in [0.5, 0.6) is 0 Å². The van der Waals surface area contributed by atoms with E-state index in [0.29, 0.717) is 52.1 Å². The Labute approximate surface area is 287 Å². The average molecular weight is 683 g/mol. The second kappa shape index (κ2) is 19.9. The van der Waals surface area contributed by atoms with Crippen molar-refractivity contribution in [3.63, 3.8) is 0 Å². The molecule has 0 saturated carbocycles. The van der Waals surface area contributed by atoms with Crippen LogP contribution in [0.25, 0.3) is 0 Å². The molecular weight excluding hydrogens is 620 g/mol. The summed E-state index contributed by atoms with van der Waals surface area (Å²) in [5.41, 5.74) is -1.83. The van der Waals surface area contributed by atoms with E-state index < -0.39 is 16.8 Å². The van der Waals surface area contributed by atoms with Gasteiger partial charge in [0.05, 0.1) is 26.2 Å². The van der Waals surface area contributed by atoms with Gasteiger partial charge >= 0.3 is 17.9 Å². The van der Waals surface area contributed by atoms with Gasteiger partial charge in [0.15, 0.2) is 5.78 Å². The highest BCUT2D eigenvalue weighted by molar-refractivity contribution is 6.04. The second-order valence-corrected chi connectivity index (χ2v) is 15.5. The van der Waals surface area contributed by atoms with Crippen molar-refractivity contribution in [2.75, 3.05) is 65.4 Å². The van der Waals surface area contributed by atoms with Crippen molar-refractivity contribution in [1.82, 2.24) is 19.6 Å². The van der Waals surface area contributed by atoms with Crippen molar-refractivity contribution in [2.24, 2.45) is 0 Å². The van der Waals surface area contributed by atoms with Gasteiger partial charge < -0.3 is 14.2 Å². The molecule has 0 aromatic heterocycles. The zero-order valence-corrected chi connectivity index (χ0v) is 31.3. The summed E-state index contributed by atoms with van der Waals surface area (Å²) in [6.45, 7) is 21.2. The summed E-state index contributed by atoms with van der Waals surface area (Å²) >= 11 is 0. The first-order valence-corrected chi connectivity index (χ1v) is 17.2. The molecule has 0 unspecified atom stereocenters. The summed E-state index contributed by atoms with van der Waals surface area (Å²) in [5, 5.41) is 0. The lowest BCUT2D eigenvalue weighted by molar-refractivity contribution is -0.158. The lowest BCUT2D eigenvalue weighted by atomic mass is 10.2. The highest BCUT2D eigenvalue weighted by Crippen LogP contribution is 2.13. The SMILES string of the molecule is CCCN(CCN(CCN(CCCCC(=O)OC(C)(C)C)CC(=O)CN1C(=O)CCC1=O)CC(=O)OC(C)(C)C)CC(=O)OC(C)(C)C. The van der Waals surface area contributed by atoms with E-state index in [1.54, 1.807) is 20.8 Å². The van der Waals surface area contributed by atoms with Crippen molar-refractivity contribution in [1.29, 1.82) is 0 Å². The molecular formula is C35H62N4O9. The highest BCUT2D eigenvalue weighted by Gasteiger charge is 2.31. The molecule has 1 rings (SSSR count). The molecule has 48 heavy (non-hydrogen) atoms. The average Bonchev–Trinajstić information content (AvgIpc) is 3.21. The van der Waals surface area contributed by atoms with Gasteiger partial charge in [-0.2, -0.15) is 0 Å². The van der Waals surface area contributed by atoms with E-state index in [1.165, 1.54) is 0 Å². The van der Waals surface area contributed by atoms with Crippen LogP contribution in [0.3, 0.4) is 0 Å². The Morgan fingerprint density at radius 1 is 0.583 bits per heavy atom. The minimum Gasteiger partial charge on any atom is -0.460 e. The van der Waals surface area contributed by atoms with Crippen LogP contribution in [0, 0.1) is 0 Å². The second-order valence-electron chi connectivity index (χ2n) is 15.5. The fourth-order valence-corrected chi connectivity index (χ4v) is 5.08. The number of rotatable bonds is 21.